The maximum absolute atomic E-state index is 12.0. The molecule has 0 unspecified atom stereocenters. The van der Waals surface area contributed by atoms with Gasteiger partial charge in [0.15, 0.2) is 13.2 Å². The van der Waals surface area contributed by atoms with Gasteiger partial charge in [0.1, 0.15) is 5.75 Å². The molecule has 1 aliphatic rings. The average molecular weight is 359 g/mol. The monoisotopic (exact) mass is 359 g/mol. The molecule has 1 saturated carbocycles. The smallest absolute Gasteiger partial charge is 0.338 e. The highest BCUT2D eigenvalue weighted by Crippen LogP contribution is 2.17. The van der Waals surface area contributed by atoms with Gasteiger partial charge in [-0.1, -0.05) is 18.0 Å². The second-order valence-electron chi connectivity index (χ2n) is 6.17. The first-order valence-electron chi connectivity index (χ1n) is 8.59. The van der Waals surface area contributed by atoms with Crippen molar-refractivity contribution in [2.24, 2.45) is 0 Å². The summed E-state index contributed by atoms with van der Waals surface area (Å²) in [6, 6.07) is 6.65. The minimum absolute atomic E-state index is 0.169. The summed E-state index contributed by atoms with van der Waals surface area (Å²) in [5.74, 6) is 0.661. The molecule has 3 rings (SSSR count). The third-order valence-corrected chi connectivity index (χ3v) is 4.08. The molecule has 26 heavy (non-hydrogen) atoms. The fourth-order valence-electron chi connectivity index (χ4n) is 2.79. The molecule has 1 N–H and O–H groups in total. The number of nitrogens with one attached hydrogen (secondary N) is 1. The van der Waals surface area contributed by atoms with E-state index in [1.165, 1.54) is 0 Å². The Labute approximate surface area is 150 Å². The molecule has 1 aromatic heterocycles. The molecule has 0 atom stereocenters. The van der Waals surface area contributed by atoms with Gasteiger partial charge in [-0.05, 0) is 37.1 Å². The van der Waals surface area contributed by atoms with E-state index in [9.17, 15) is 9.59 Å². The lowest BCUT2D eigenvalue weighted by Gasteiger charge is -2.12. The molecule has 1 amide bonds. The molecule has 8 nitrogen and oxygen atoms in total. The first-order chi connectivity index (χ1) is 12.6. The van der Waals surface area contributed by atoms with Crippen LogP contribution < -0.4 is 10.1 Å². The van der Waals surface area contributed by atoms with Gasteiger partial charge in [0, 0.05) is 13.0 Å². The fraction of sp³-hybridized carbons (Fsp3) is 0.444. The summed E-state index contributed by atoms with van der Waals surface area (Å²) < 4.78 is 15.4. The Morgan fingerprint density at radius 1 is 1.23 bits per heavy atom. The quantitative estimate of drug-likeness (QED) is 0.756. The van der Waals surface area contributed by atoms with Crippen LogP contribution in [0.5, 0.6) is 5.75 Å². The van der Waals surface area contributed by atoms with Gasteiger partial charge in [0.2, 0.25) is 11.7 Å². The molecule has 0 radical (unpaired) electrons. The van der Waals surface area contributed by atoms with E-state index in [-0.39, 0.29) is 25.2 Å². The van der Waals surface area contributed by atoms with Crippen LogP contribution in [-0.2, 0) is 16.1 Å². The van der Waals surface area contributed by atoms with Crippen molar-refractivity contribution in [2.45, 2.75) is 45.3 Å². The number of esters is 1. The van der Waals surface area contributed by atoms with E-state index in [4.69, 9.17) is 14.0 Å². The number of amides is 1. The largest absolute Gasteiger partial charge is 0.485 e. The Morgan fingerprint density at radius 2 is 1.96 bits per heavy atom. The van der Waals surface area contributed by atoms with Crippen molar-refractivity contribution in [3.63, 3.8) is 0 Å². The van der Waals surface area contributed by atoms with Crippen LogP contribution in [0.3, 0.4) is 0 Å². The van der Waals surface area contributed by atoms with Gasteiger partial charge in [0.05, 0.1) is 5.56 Å². The van der Waals surface area contributed by atoms with Gasteiger partial charge < -0.3 is 19.3 Å². The number of carbonyl (C=O) groups excluding carboxylic acids is 2. The molecule has 1 aromatic carbocycles. The van der Waals surface area contributed by atoms with Crippen molar-refractivity contribution in [3.8, 4) is 5.75 Å². The van der Waals surface area contributed by atoms with Crippen molar-refractivity contribution < 1.29 is 23.6 Å². The normalized spacial score (nSPS) is 14.2. The zero-order valence-corrected chi connectivity index (χ0v) is 14.6. The van der Waals surface area contributed by atoms with Crippen molar-refractivity contribution >= 4 is 11.9 Å². The minimum Gasteiger partial charge on any atom is -0.485 e. The maximum Gasteiger partial charge on any atom is 0.338 e. The van der Waals surface area contributed by atoms with E-state index in [1.54, 1.807) is 31.2 Å². The predicted octanol–water partition coefficient (Wildman–Crippen LogP) is 2.17. The summed E-state index contributed by atoms with van der Waals surface area (Å²) >= 11 is 0. The number of hydrogen-bond donors (Lipinski definition) is 1. The maximum atomic E-state index is 12.0. The molecule has 1 heterocycles. The highest BCUT2D eigenvalue weighted by Gasteiger charge is 2.18. The molecule has 1 aliphatic carbocycles. The number of rotatable bonds is 7. The first-order valence-corrected chi connectivity index (χ1v) is 8.59. The van der Waals surface area contributed by atoms with E-state index in [0.29, 0.717) is 23.0 Å². The van der Waals surface area contributed by atoms with Crippen LogP contribution in [0, 0.1) is 6.92 Å². The van der Waals surface area contributed by atoms with Crippen molar-refractivity contribution in [1.82, 2.24) is 15.5 Å². The molecule has 0 spiro atoms. The Kier molecular flexibility index (Phi) is 5.83. The van der Waals surface area contributed by atoms with Gasteiger partial charge in [0.25, 0.3) is 5.91 Å². The summed E-state index contributed by atoms with van der Waals surface area (Å²) in [5, 5.41) is 6.60. The Balaban J connectivity index is 1.43. The Bertz CT molecular complexity index is 750. The summed E-state index contributed by atoms with van der Waals surface area (Å²) in [7, 11) is 0. The Hall–Kier alpha value is -2.90. The average Bonchev–Trinajstić information content (AvgIpc) is 3.30. The van der Waals surface area contributed by atoms with Crippen LogP contribution >= 0.6 is 0 Å². The van der Waals surface area contributed by atoms with Crippen molar-refractivity contribution in [1.29, 1.82) is 0 Å². The third kappa shape index (κ3) is 5.05. The van der Waals surface area contributed by atoms with E-state index < -0.39 is 5.97 Å². The summed E-state index contributed by atoms with van der Waals surface area (Å²) in [4.78, 5) is 27.8. The molecule has 1 fully saturated rings. The first kappa shape index (κ1) is 17.9. The molecule has 0 bridgehead atoms. The standard InChI is InChI=1S/C18H21N3O5/c1-12-19-16(21-26-12)10-24-15-8-6-13(7-9-15)18(23)25-11-17(22)20-14-4-2-3-5-14/h6-9,14H,2-5,10-11H2,1H3,(H,20,22). The topological polar surface area (TPSA) is 104 Å². The lowest BCUT2D eigenvalue weighted by molar-refractivity contribution is -0.124. The third-order valence-electron chi connectivity index (χ3n) is 4.08. The zero-order valence-electron chi connectivity index (χ0n) is 14.6. The number of aromatic nitrogens is 2. The predicted molar refractivity (Wildman–Crippen MR) is 90.5 cm³/mol. The number of carbonyl (C=O) groups is 2. The molecular formula is C18H21N3O5. The second kappa shape index (κ2) is 8.46. The SMILES string of the molecule is Cc1nc(COc2ccc(C(=O)OCC(=O)NC3CCCC3)cc2)no1. The van der Waals surface area contributed by atoms with Crippen LogP contribution in [0.15, 0.2) is 28.8 Å². The number of nitrogens with zero attached hydrogens (tertiary/aromatic N) is 2. The molecule has 8 heteroatoms. The van der Waals surface area contributed by atoms with Crippen molar-refractivity contribution in [3.05, 3.63) is 41.5 Å². The fourth-order valence-corrected chi connectivity index (χ4v) is 2.79. The number of benzene rings is 1. The summed E-state index contributed by atoms with van der Waals surface area (Å²) in [6.07, 6.45) is 4.24. The van der Waals surface area contributed by atoms with Gasteiger partial charge in [-0.3, -0.25) is 4.79 Å². The number of ether oxygens (including phenoxy) is 2. The highest BCUT2D eigenvalue weighted by atomic mass is 16.5. The van der Waals surface area contributed by atoms with Crippen LogP contribution in [0.25, 0.3) is 0 Å². The van der Waals surface area contributed by atoms with Crippen LogP contribution in [0.4, 0.5) is 0 Å². The van der Waals surface area contributed by atoms with Crippen molar-refractivity contribution in [2.75, 3.05) is 6.61 Å². The van der Waals surface area contributed by atoms with Gasteiger partial charge >= 0.3 is 5.97 Å². The summed E-state index contributed by atoms with van der Waals surface area (Å²) in [5.41, 5.74) is 0.349. The van der Waals surface area contributed by atoms with E-state index in [1.807, 2.05) is 0 Å². The van der Waals surface area contributed by atoms with Crippen LogP contribution in [-0.4, -0.2) is 34.7 Å². The van der Waals surface area contributed by atoms with E-state index in [2.05, 4.69) is 15.5 Å². The molecular weight excluding hydrogens is 338 g/mol. The lowest BCUT2D eigenvalue weighted by atomic mass is 10.2. The van der Waals surface area contributed by atoms with E-state index >= 15 is 0 Å². The molecule has 138 valence electrons. The van der Waals surface area contributed by atoms with Gasteiger partial charge in [-0.15, -0.1) is 0 Å². The lowest BCUT2D eigenvalue weighted by Crippen LogP contribution is -2.35. The number of hydrogen-bond acceptors (Lipinski definition) is 7. The molecule has 0 aliphatic heterocycles. The zero-order chi connectivity index (χ0) is 18.4. The number of aryl methyl sites for hydroxylation is 1. The highest BCUT2D eigenvalue weighted by molar-refractivity contribution is 5.91. The second-order valence-corrected chi connectivity index (χ2v) is 6.17. The van der Waals surface area contributed by atoms with Gasteiger partial charge in [-0.2, -0.15) is 4.98 Å². The minimum atomic E-state index is -0.549. The molecule has 0 saturated heterocycles. The summed E-state index contributed by atoms with van der Waals surface area (Å²) in [6.45, 7) is 1.60. The van der Waals surface area contributed by atoms with Crippen LogP contribution in [0.2, 0.25) is 0 Å². The Morgan fingerprint density at radius 3 is 2.62 bits per heavy atom. The van der Waals surface area contributed by atoms with Gasteiger partial charge in [-0.25, -0.2) is 4.79 Å². The van der Waals surface area contributed by atoms with Crippen LogP contribution in [0.1, 0.15) is 47.8 Å². The van der Waals surface area contributed by atoms with E-state index in [0.717, 1.165) is 25.7 Å². The molecule has 2 aromatic rings.